The number of rotatable bonds is 3. The third-order valence-electron chi connectivity index (χ3n) is 5.20. The van der Waals surface area contributed by atoms with E-state index in [9.17, 15) is 27.6 Å². The van der Waals surface area contributed by atoms with Gasteiger partial charge >= 0.3 is 6.18 Å². The number of anilines is 1. The first-order valence-corrected chi connectivity index (χ1v) is 10.5. The standard InChI is InChI=1S/C23H12F3N3O4S/c24-23(25,26)12-2-4-13(5-3-12)29-21(32)18(34-22(29)27)10-14-6-8-17(33-14)11-1-7-15-16(9-11)20(31)28-19(15)30/h1-10,27H,(H,28,30,31)/b18-10-,27-22?. The third-order valence-corrected chi connectivity index (χ3v) is 6.09. The molecule has 1 aromatic heterocycles. The molecule has 0 saturated carbocycles. The maximum Gasteiger partial charge on any atom is 0.416 e. The third kappa shape index (κ3) is 3.69. The smallest absolute Gasteiger partial charge is 0.416 e. The van der Waals surface area contributed by atoms with Crippen molar-refractivity contribution >= 4 is 46.4 Å². The summed E-state index contributed by atoms with van der Waals surface area (Å²) in [7, 11) is 0. The molecular weight excluding hydrogens is 471 g/mol. The average molecular weight is 483 g/mol. The van der Waals surface area contributed by atoms with Gasteiger partial charge < -0.3 is 4.42 Å². The molecule has 1 fully saturated rings. The number of amides is 3. The van der Waals surface area contributed by atoms with Crippen LogP contribution in [0.15, 0.2) is 63.9 Å². The fraction of sp³-hybridized carbons (Fsp3) is 0.0435. The number of benzene rings is 2. The summed E-state index contributed by atoms with van der Waals surface area (Å²) in [5.41, 5.74) is 0.357. The molecule has 0 spiro atoms. The zero-order chi connectivity index (χ0) is 24.2. The summed E-state index contributed by atoms with van der Waals surface area (Å²) in [5.74, 6) is -0.833. The van der Waals surface area contributed by atoms with Crippen LogP contribution in [0.1, 0.15) is 32.0 Å². The van der Waals surface area contributed by atoms with Gasteiger partial charge in [-0.1, -0.05) is 6.07 Å². The molecule has 0 radical (unpaired) electrons. The van der Waals surface area contributed by atoms with Crippen molar-refractivity contribution < 1.29 is 32.0 Å². The van der Waals surface area contributed by atoms with Crippen LogP contribution < -0.4 is 10.2 Å². The quantitative estimate of drug-likeness (QED) is 0.407. The van der Waals surface area contributed by atoms with Gasteiger partial charge in [0.1, 0.15) is 11.5 Å². The van der Waals surface area contributed by atoms with Crippen LogP contribution in [0.4, 0.5) is 18.9 Å². The van der Waals surface area contributed by atoms with Crippen LogP contribution in [-0.4, -0.2) is 22.9 Å². The Morgan fingerprint density at radius 3 is 2.35 bits per heavy atom. The molecule has 1 saturated heterocycles. The molecular formula is C23H12F3N3O4S. The van der Waals surface area contributed by atoms with E-state index in [1.807, 2.05) is 0 Å². The Morgan fingerprint density at radius 2 is 1.65 bits per heavy atom. The minimum absolute atomic E-state index is 0.144. The number of carbonyl (C=O) groups excluding carboxylic acids is 3. The van der Waals surface area contributed by atoms with Gasteiger partial charge in [0.05, 0.1) is 27.3 Å². The monoisotopic (exact) mass is 483 g/mol. The number of hydrogen-bond acceptors (Lipinski definition) is 6. The lowest BCUT2D eigenvalue weighted by Gasteiger charge is -2.15. The second-order valence-electron chi connectivity index (χ2n) is 7.35. The zero-order valence-electron chi connectivity index (χ0n) is 16.9. The minimum Gasteiger partial charge on any atom is -0.457 e. The Balaban J connectivity index is 1.39. The van der Waals surface area contributed by atoms with Crippen LogP contribution in [0.5, 0.6) is 0 Å². The Hall–Kier alpha value is -4.12. The summed E-state index contributed by atoms with van der Waals surface area (Å²) in [6, 6.07) is 11.9. The minimum atomic E-state index is -4.50. The normalized spacial score (nSPS) is 17.0. The fourth-order valence-electron chi connectivity index (χ4n) is 3.56. The highest BCUT2D eigenvalue weighted by Gasteiger charge is 2.35. The molecule has 34 heavy (non-hydrogen) atoms. The molecule has 3 amide bonds. The van der Waals surface area contributed by atoms with Crippen molar-refractivity contribution in [1.82, 2.24) is 5.32 Å². The average Bonchev–Trinajstić information content (AvgIpc) is 3.45. The SMILES string of the molecule is N=C1S/C(=C\c2ccc(-c3ccc4c(c3)C(=O)NC4=O)o2)C(=O)N1c1ccc(C(F)(F)F)cc1. The van der Waals surface area contributed by atoms with Crippen LogP contribution in [0.2, 0.25) is 0 Å². The van der Waals surface area contributed by atoms with E-state index in [-0.39, 0.29) is 26.9 Å². The highest BCUT2D eigenvalue weighted by atomic mass is 32.2. The highest BCUT2D eigenvalue weighted by molar-refractivity contribution is 8.19. The lowest BCUT2D eigenvalue weighted by molar-refractivity contribution is -0.137. The number of hydrogen-bond donors (Lipinski definition) is 2. The fourth-order valence-corrected chi connectivity index (χ4v) is 4.40. The van der Waals surface area contributed by atoms with Gasteiger partial charge in [0.2, 0.25) is 0 Å². The van der Waals surface area contributed by atoms with E-state index in [0.717, 1.165) is 40.9 Å². The van der Waals surface area contributed by atoms with E-state index in [0.29, 0.717) is 17.1 Å². The van der Waals surface area contributed by atoms with E-state index in [2.05, 4.69) is 5.32 Å². The predicted octanol–water partition coefficient (Wildman–Crippen LogP) is 4.90. The Kier molecular flexibility index (Phi) is 4.94. The number of alkyl halides is 3. The zero-order valence-corrected chi connectivity index (χ0v) is 17.7. The maximum atomic E-state index is 12.8. The molecule has 11 heteroatoms. The number of imide groups is 1. The highest BCUT2D eigenvalue weighted by Crippen LogP contribution is 2.37. The van der Waals surface area contributed by atoms with Crippen molar-refractivity contribution in [2.45, 2.75) is 6.18 Å². The van der Waals surface area contributed by atoms with Crippen LogP contribution in [0.3, 0.4) is 0 Å². The van der Waals surface area contributed by atoms with Gasteiger partial charge in [0, 0.05) is 11.6 Å². The number of halogens is 3. The first-order chi connectivity index (χ1) is 16.1. The molecule has 0 aliphatic carbocycles. The van der Waals surface area contributed by atoms with E-state index < -0.39 is 29.5 Å². The van der Waals surface area contributed by atoms with Gasteiger partial charge in [-0.2, -0.15) is 13.2 Å². The molecule has 2 aliphatic heterocycles. The number of furan rings is 1. The van der Waals surface area contributed by atoms with Crippen LogP contribution in [0, 0.1) is 5.41 Å². The van der Waals surface area contributed by atoms with Gasteiger partial charge in [0.25, 0.3) is 17.7 Å². The molecule has 7 nitrogen and oxygen atoms in total. The summed E-state index contributed by atoms with van der Waals surface area (Å²) < 4.78 is 44.2. The summed E-state index contributed by atoms with van der Waals surface area (Å²) in [6.07, 6.45) is -3.07. The molecule has 3 heterocycles. The Bertz CT molecular complexity index is 1420. The second kappa shape index (κ2) is 7.73. The second-order valence-corrected chi connectivity index (χ2v) is 8.38. The Morgan fingerprint density at radius 1 is 0.941 bits per heavy atom. The van der Waals surface area contributed by atoms with E-state index in [4.69, 9.17) is 9.83 Å². The van der Waals surface area contributed by atoms with Crippen molar-refractivity contribution in [1.29, 1.82) is 5.41 Å². The number of fused-ring (bicyclic) bond motifs is 1. The van der Waals surface area contributed by atoms with Crippen molar-refractivity contribution in [3.8, 4) is 11.3 Å². The molecule has 3 aromatic rings. The lowest BCUT2D eigenvalue weighted by atomic mass is 10.0. The number of carbonyl (C=O) groups is 3. The predicted molar refractivity (Wildman–Crippen MR) is 118 cm³/mol. The number of amidine groups is 1. The molecule has 170 valence electrons. The summed E-state index contributed by atoms with van der Waals surface area (Å²) in [4.78, 5) is 37.6. The van der Waals surface area contributed by atoms with Gasteiger partial charge in [-0.05, 0) is 60.3 Å². The lowest BCUT2D eigenvalue weighted by Crippen LogP contribution is -2.28. The summed E-state index contributed by atoms with van der Waals surface area (Å²) in [6.45, 7) is 0. The number of nitrogens with one attached hydrogen (secondary N) is 2. The summed E-state index contributed by atoms with van der Waals surface area (Å²) >= 11 is 0.851. The first kappa shape index (κ1) is 21.7. The van der Waals surface area contributed by atoms with Gasteiger partial charge in [-0.15, -0.1) is 0 Å². The molecule has 0 atom stereocenters. The number of thioether (sulfide) groups is 1. The Labute approximate surface area is 193 Å². The molecule has 2 N–H and O–H groups in total. The van der Waals surface area contributed by atoms with Crippen molar-refractivity contribution in [3.63, 3.8) is 0 Å². The molecule has 0 bridgehead atoms. The van der Waals surface area contributed by atoms with E-state index >= 15 is 0 Å². The molecule has 0 unspecified atom stereocenters. The van der Waals surface area contributed by atoms with Crippen LogP contribution >= 0.6 is 11.8 Å². The first-order valence-electron chi connectivity index (χ1n) is 9.71. The molecule has 5 rings (SSSR count). The van der Waals surface area contributed by atoms with E-state index in [1.54, 1.807) is 18.2 Å². The van der Waals surface area contributed by atoms with Crippen molar-refractivity contribution in [2.75, 3.05) is 4.90 Å². The summed E-state index contributed by atoms with van der Waals surface area (Å²) in [5, 5.41) is 10.2. The van der Waals surface area contributed by atoms with Crippen LogP contribution in [-0.2, 0) is 11.0 Å². The largest absolute Gasteiger partial charge is 0.457 e. The van der Waals surface area contributed by atoms with Crippen molar-refractivity contribution in [2.24, 2.45) is 0 Å². The molecule has 2 aromatic carbocycles. The van der Waals surface area contributed by atoms with Gasteiger partial charge in [0.15, 0.2) is 5.17 Å². The van der Waals surface area contributed by atoms with Gasteiger partial charge in [-0.3, -0.25) is 30.0 Å². The maximum absolute atomic E-state index is 12.8. The van der Waals surface area contributed by atoms with Crippen LogP contribution in [0.25, 0.3) is 17.4 Å². The topological polar surface area (TPSA) is 103 Å². The molecule has 2 aliphatic rings. The van der Waals surface area contributed by atoms with E-state index in [1.165, 1.54) is 18.2 Å². The number of nitrogens with zero attached hydrogens (tertiary/aromatic N) is 1. The van der Waals surface area contributed by atoms with Crippen molar-refractivity contribution in [3.05, 3.63) is 82.0 Å². The van der Waals surface area contributed by atoms with Gasteiger partial charge in [-0.25, -0.2) is 0 Å².